The fourth-order valence-corrected chi connectivity index (χ4v) is 3.21. The van der Waals surface area contributed by atoms with Crippen LogP contribution in [0, 0.1) is 5.92 Å². The highest BCUT2D eigenvalue weighted by Crippen LogP contribution is 2.14. The van der Waals surface area contributed by atoms with E-state index in [9.17, 15) is 0 Å². The molecule has 1 fully saturated rings. The zero-order valence-electron chi connectivity index (χ0n) is 17.7. The van der Waals surface area contributed by atoms with E-state index in [1.807, 2.05) is 25.1 Å². The fraction of sp³-hybridized carbons (Fsp3) is 0.667. The van der Waals surface area contributed by atoms with E-state index in [2.05, 4.69) is 42.4 Å². The molecule has 1 aromatic rings. The van der Waals surface area contributed by atoms with Crippen LogP contribution < -0.4 is 15.4 Å². The summed E-state index contributed by atoms with van der Waals surface area (Å²) in [7, 11) is 0. The van der Waals surface area contributed by atoms with E-state index < -0.39 is 0 Å². The number of guanidine groups is 1. The van der Waals surface area contributed by atoms with Crippen molar-refractivity contribution >= 4 is 29.9 Å². The Labute approximate surface area is 187 Å². The highest BCUT2D eigenvalue weighted by Gasteiger charge is 2.21. The van der Waals surface area contributed by atoms with Crippen LogP contribution in [0.25, 0.3) is 0 Å². The molecule has 0 saturated carbocycles. The number of aliphatic imine (C=N–C) groups is 1. The molecule has 0 amide bonds. The number of morpholine rings is 1. The van der Waals surface area contributed by atoms with Crippen molar-refractivity contribution in [1.82, 2.24) is 15.5 Å². The lowest BCUT2D eigenvalue weighted by Gasteiger charge is -2.34. The summed E-state index contributed by atoms with van der Waals surface area (Å²) >= 11 is 0. The molecule has 0 radical (unpaired) electrons. The van der Waals surface area contributed by atoms with Crippen LogP contribution in [0.4, 0.5) is 0 Å². The third-order valence-electron chi connectivity index (χ3n) is 4.32. The SMILES string of the molecule is CCNC(=NCc1cccc(OCC)c1)NCC1CN(CC(C)C)CCO1.I. The van der Waals surface area contributed by atoms with Gasteiger partial charge in [0.2, 0.25) is 0 Å². The lowest BCUT2D eigenvalue weighted by molar-refractivity contribution is -0.0284. The van der Waals surface area contributed by atoms with Crippen LogP contribution in [0.1, 0.15) is 33.3 Å². The largest absolute Gasteiger partial charge is 0.494 e. The molecule has 0 bridgehead atoms. The molecule has 160 valence electrons. The Balaban J connectivity index is 0.00000392. The summed E-state index contributed by atoms with van der Waals surface area (Å²) in [5.41, 5.74) is 1.13. The van der Waals surface area contributed by atoms with E-state index in [0.29, 0.717) is 19.1 Å². The zero-order chi connectivity index (χ0) is 19.5. The number of nitrogens with zero attached hydrogens (tertiary/aromatic N) is 2. The summed E-state index contributed by atoms with van der Waals surface area (Å²) < 4.78 is 11.5. The van der Waals surface area contributed by atoms with E-state index in [1.165, 1.54) is 0 Å². The van der Waals surface area contributed by atoms with Gasteiger partial charge >= 0.3 is 0 Å². The molecule has 1 aliphatic rings. The molecule has 2 N–H and O–H groups in total. The molecule has 7 heteroatoms. The normalized spacial score (nSPS) is 17.9. The van der Waals surface area contributed by atoms with E-state index in [0.717, 1.165) is 56.6 Å². The molecule has 0 spiro atoms. The molecule has 1 heterocycles. The Kier molecular flexibility index (Phi) is 12.5. The number of nitrogens with one attached hydrogen (secondary N) is 2. The van der Waals surface area contributed by atoms with Gasteiger partial charge in [0.05, 0.1) is 25.9 Å². The molecule has 1 saturated heterocycles. The second kappa shape index (κ2) is 14.0. The van der Waals surface area contributed by atoms with E-state index in [4.69, 9.17) is 14.5 Å². The van der Waals surface area contributed by atoms with Gasteiger partial charge < -0.3 is 20.1 Å². The first-order valence-electron chi connectivity index (χ1n) is 10.2. The predicted octanol–water partition coefficient (Wildman–Crippen LogP) is 3.12. The number of hydrogen-bond acceptors (Lipinski definition) is 4. The van der Waals surface area contributed by atoms with Gasteiger partial charge in [-0.15, -0.1) is 24.0 Å². The zero-order valence-corrected chi connectivity index (χ0v) is 20.1. The van der Waals surface area contributed by atoms with Crippen LogP contribution in [-0.4, -0.2) is 62.9 Å². The van der Waals surface area contributed by atoms with Gasteiger partial charge in [0.1, 0.15) is 5.75 Å². The van der Waals surface area contributed by atoms with Crippen molar-refractivity contribution in [3.63, 3.8) is 0 Å². The first kappa shape index (κ1) is 25.0. The average Bonchev–Trinajstić information content (AvgIpc) is 2.64. The smallest absolute Gasteiger partial charge is 0.191 e. The van der Waals surface area contributed by atoms with Gasteiger partial charge in [-0.25, -0.2) is 4.99 Å². The summed E-state index contributed by atoms with van der Waals surface area (Å²) in [6.07, 6.45) is 0.197. The molecule has 1 unspecified atom stereocenters. The van der Waals surface area contributed by atoms with Gasteiger partial charge in [-0.1, -0.05) is 26.0 Å². The molecule has 2 rings (SSSR count). The molecular formula is C21H37IN4O2. The Morgan fingerprint density at radius 1 is 1.32 bits per heavy atom. The summed E-state index contributed by atoms with van der Waals surface area (Å²) in [4.78, 5) is 7.20. The third kappa shape index (κ3) is 9.43. The minimum Gasteiger partial charge on any atom is -0.494 e. The number of rotatable bonds is 9. The van der Waals surface area contributed by atoms with Crippen molar-refractivity contribution in [2.24, 2.45) is 10.9 Å². The van der Waals surface area contributed by atoms with Crippen LogP contribution in [0.2, 0.25) is 0 Å². The van der Waals surface area contributed by atoms with Crippen LogP contribution in [-0.2, 0) is 11.3 Å². The number of benzene rings is 1. The second-order valence-electron chi connectivity index (χ2n) is 7.30. The van der Waals surface area contributed by atoms with Gasteiger partial charge in [0.25, 0.3) is 0 Å². The summed E-state index contributed by atoms with van der Waals surface area (Å²) in [6, 6.07) is 8.10. The minimum absolute atomic E-state index is 0. The molecule has 0 aromatic heterocycles. The van der Waals surface area contributed by atoms with Crippen LogP contribution in [0.3, 0.4) is 0 Å². The maximum atomic E-state index is 5.92. The second-order valence-corrected chi connectivity index (χ2v) is 7.30. The number of ether oxygens (including phenoxy) is 2. The van der Waals surface area contributed by atoms with E-state index in [-0.39, 0.29) is 30.1 Å². The van der Waals surface area contributed by atoms with Crippen LogP contribution in [0.5, 0.6) is 5.75 Å². The van der Waals surface area contributed by atoms with Gasteiger partial charge in [-0.3, -0.25) is 4.90 Å². The maximum absolute atomic E-state index is 5.92. The Bertz CT molecular complexity index is 583. The molecule has 1 aromatic carbocycles. The molecular weight excluding hydrogens is 467 g/mol. The lowest BCUT2D eigenvalue weighted by Crippen LogP contribution is -2.50. The molecule has 1 aliphatic heterocycles. The van der Waals surface area contributed by atoms with Crippen LogP contribution >= 0.6 is 24.0 Å². The summed E-state index contributed by atoms with van der Waals surface area (Å²) in [5, 5.41) is 6.74. The fourth-order valence-electron chi connectivity index (χ4n) is 3.21. The standard InChI is InChI=1S/C21H36N4O2.HI/c1-5-22-21(23-13-18-8-7-9-19(12-18)26-6-2)24-14-20-16-25(10-11-27-20)15-17(3)4;/h7-9,12,17,20H,5-6,10-11,13-16H2,1-4H3,(H2,22,23,24);1H. The topological polar surface area (TPSA) is 58.1 Å². The molecule has 0 aliphatic carbocycles. The molecule has 6 nitrogen and oxygen atoms in total. The minimum atomic E-state index is 0. The summed E-state index contributed by atoms with van der Waals surface area (Å²) in [6.45, 7) is 15.4. The lowest BCUT2D eigenvalue weighted by atomic mass is 10.2. The van der Waals surface area contributed by atoms with Gasteiger partial charge in [-0.2, -0.15) is 0 Å². The quantitative estimate of drug-likeness (QED) is 0.308. The van der Waals surface area contributed by atoms with Crippen molar-refractivity contribution < 1.29 is 9.47 Å². The van der Waals surface area contributed by atoms with Crippen molar-refractivity contribution in [2.75, 3.05) is 45.9 Å². The first-order valence-corrected chi connectivity index (χ1v) is 10.2. The first-order chi connectivity index (χ1) is 13.1. The van der Waals surface area contributed by atoms with Crippen LogP contribution in [0.15, 0.2) is 29.3 Å². The summed E-state index contributed by atoms with van der Waals surface area (Å²) in [5.74, 6) is 2.40. The van der Waals surface area contributed by atoms with E-state index in [1.54, 1.807) is 0 Å². The van der Waals surface area contributed by atoms with Crippen molar-refractivity contribution in [3.8, 4) is 5.75 Å². The monoisotopic (exact) mass is 504 g/mol. The van der Waals surface area contributed by atoms with Gasteiger partial charge in [0.15, 0.2) is 5.96 Å². The number of halogens is 1. The Morgan fingerprint density at radius 2 is 2.14 bits per heavy atom. The van der Waals surface area contributed by atoms with Gasteiger partial charge in [-0.05, 0) is 37.5 Å². The highest BCUT2D eigenvalue weighted by molar-refractivity contribution is 14.0. The molecule has 28 heavy (non-hydrogen) atoms. The Hall–Kier alpha value is -1.06. The third-order valence-corrected chi connectivity index (χ3v) is 4.32. The predicted molar refractivity (Wildman–Crippen MR) is 127 cm³/mol. The molecule has 1 atom stereocenters. The highest BCUT2D eigenvalue weighted by atomic mass is 127. The van der Waals surface area contributed by atoms with E-state index >= 15 is 0 Å². The average molecular weight is 504 g/mol. The van der Waals surface area contributed by atoms with Gasteiger partial charge in [0, 0.05) is 32.7 Å². The van der Waals surface area contributed by atoms with Crippen molar-refractivity contribution in [3.05, 3.63) is 29.8 Å². The number of hydrogen-bond donors (Lipinski definition) is 2. The van der Waals surface area contributed by atoms with Crippen molar-refractivity contribution in [1.29, 1.82) is 0 Å². The Morgan fingerprint density at radius 3 is 2.86 bits per heavy atom. The van der Waals surface area contributed by atoms with Crippen molar-refractivity contribution in [2.45, 2.75) is 40.3 Å². The maximum Gasteiger partial charge on any atom is 0.191 e.